The molecule has 4 aromatic rings. The second-order valence-corrected chi connectivity index (χ2v) is 6.73. The Kier molecular flexibility index (Phi) is 36.4. The summed E-state index contributed by atoms with van der Waals surface area (Å²) in [6.07, 6.45) is 0. The molecule has 5 heteroatoms. The zero-order valence-electron chi connectivity index (χ0n) is 23.0. The van der Waals surface area contributed by atoms with E-state index in [0.717, 1.165) is 4.47 Å². The summed E-state index contributed by atoms with van der Waals surface area (Å²) in [5.41, 5.74) is 3.08. The van der Waals surface area contributed by atoms with Crippen LogP contribution >= 0.6 is 15.9 Å². The average Bonchev–Trinajstić information content (AvgIpc) is 2.95. The molecule has 193 valence electrons. The first-order chi connectivity index (χ1) is 16.7. The second-order valence-electron chi connectivity index (χ2n) is 5.81. The molecule has 0 fully saturated rings. The molecule has 2 nitrogen and oxygen atoms in total. The van der Waals surface area contributed by atoms with E-state index in [1.165, 1.54) is 11.1 Å². The van der Waals surface area contributed by atoms with Gasteiger partial charge in [-0.15, -0.1) is 0 Å². The molecular weight excluding hydrogens is 584 g/mol. The Hall–Kier alpha value is -1.55. The molecule has 0 bridgehead atoms. The van der Waals surface area contributed by atoms with Crippen LogP contribution in [-0.2, 0) is 32.7 Å². The van der Waals surface area contributed by atoms with E-state index in [-0.39, 0.29) is 40.1 Å². The molecule has 0 aliphatic heterocycles. The van der Waals surface area contributed by atoms with Crippen LogP contribution < -0.4 is 5.46 Å². The summed E-state index contributed by atoms with van der Waals surface area (Å²) in [5, 5.41) is 17.2. The van der Waals surface area contributed by atoms with Crippen LogP contribution in [0.25, 0.3) is 11.1 Å². The summed E-state index contributed by atoms with van der Waals surface area (Å²) in [5.74, 6) is 0. The van der Waals surface area contributed by atoms with Crippen molar-refractivity contribution < 1.29 is 42.8 Å². The molecule has 0 aliphatic rings. The minimum Gasteiger partial charge on any atom is -0.423 e. The van der Waals surface area contributed by atoms with Crippen LogP contribution in [-0.4, -0.2) is 17.2 Å². The maximum Gasteiger partial charge on any atom is 0.488 e. The third-order valence-electron chi connectivity index (χ3n) is 3.71. The van der Waals surface area contributed by atoms with Crippen LogP contribution in [0.2, 0.25) is 0 Å². The van der Waals surface area contributed by atoms with Gasteiger partial charge < -0.3 is 17.5 Å². The molecule has 0 unspecified atom stereocenters. The van der Waals surface area contributed by atoms with Gasteiger partial charge in [0.15, 0.2) is 0 Å². The molecule has 0 aliphatic carbocycles. The van der Waals surface area contributed by atoms with E-state index in [0.29, 0.717) is 5.46 Å². The zero-order chi connectivity index (χ0) is 26.0. The van der Waals surface area contributed by atoms with Crippen LogP contribution in [0.5, 0.6) is 0 Å². The van der Waals surface area contributed by atoms with Gasteiger partial charge in [0, 0.05) is 37.2 Å². The summed E-state index contributed by atoms with van der Waals surface area (Å²) >= 11 is 3.31. The molecule has 4 rings (SSSR count). The quantitative estimate of drug-likeness (QED) is 0.173. The molecule has 0 amide bonds. The van der Waals surface area contributed by atoms with Crippen LogP contribution in [0.15, 0.2) is 126 Å². The first-order valence-electron chi connectivity index (χ1n) is 11.9. The topological polar surface area (TPSA) is 40.5 Å². The van der Waals surface area contributed by atoms with E-state index in [1.54, 1.807) is 24.3 Å². The molecule has 0 spiro atoms. The molecule has 1 radical (unpaired) electrons. The van der Waals surface area contributed by atoms with Gasteiger partial charge in [-0.05, 0) is 28.7 Å². The molecule has 4 aromatic carbocycles. The van der Waals surface area contributed by atoms with Gasteiger partial charge in [0.1, 0.15) is 0 Å². The summed E-state index contributed by atoms with van der Waals surface area (Å²) in [7, 11) is -1.34. The standard InChI is InChI=1S/C12H10.C6H7BO2.C6H5Br.3C2H6.CH3.Y/c1-3-7-11(8-4-1)12-9-5-2-6-10-12;8-7(9)6-4-2-1-3-5-6;7-6-4-2-1-3-5-6;3*1-2;;/h1-10H;1-5,8-9H;1-5H;3*1-2H3;1H3;/q;;;;;;-1;. The van der Waals surface area contributed by atoms with Gasteiger partial charge in [0.25, 0.3) is 0 Å². The molecule has 2 N–H and O–H groups in total. The van der Waals surface area contributed by atoms with Crippen molar-refractivity contribution in [2.45, 2.75) is 41.5 Å². The van der Waals surface area contributed by atoms with Gasteiger partial charge >= 0.3 is 7.12 Å². The summed E-state index contributed by atoms with van der Waals surface area (Å²) in [4.78, 5) is 0. The van der Waals surface area contributed by atoms with Crippen molar-refractivity contribution in [3.05, 3.63) is 133 Å². The van der Waals surface area contributed by atoms with Gasteiger partial charge in [-0.25, -0.2) is 0 Å². The van der Waals surface area contributed by atoms with Gasteiger partial charge in [0.05, 0.1) is 0 Å². The predicted molar refractivity (Wildman–Crippen MR) is 163 cm³/mol. The molecule has 36 heavy (non-hydrogen) atoms. The van der Waals surface area contributed by atoms with Crippen LogP contribution in [0.1, 0.15) is 41.5 Å². The Labute approximate surface area is 255 Å². The Bertz CT molecular complexity index is 857. The van der Waals surface area contributed by atoms with Crippen LogP contribution in [0.3, 0.4) is 0 Å². The zero-order valence-corrected chi connectivity index (χ0v) is 27.4. The van der Waals surface area contributed by atoms with Gasteiger partial charge in [-0.1, -0.05) is 167 Å². The number of benzene rings is 4. The van der Waals surface area contributed by atoms with E-state index in [9.17, 15) is 0 Å². The first kappa shape index (κ1) is 41.6. The fourth-order valence-corrected chi connectivity index (χ4v) is 2.61. The van der Waals surface area contributed by atoms with E-state index >= 15 is 0 Å². The van der Waals surface area contributed by atoms with Gasteiger partial charge in [0.2, 0.25) is 0 Å². The number of rotatable bonds is 2. The summed E-state index contributed by atoms with van der Waals surface area (Å²) < 4.78 is 1.13. The van der Waals surface area contributed by atoms with Crippen molar-refractivity contribution in [1.29, 1.82) is 0 Å². The van der Waals surface area contributed by atoms with Crippen LogP contribution in [0, 0.1) is 7.43 Å². The maximum atomic E-state index is 8.58. The largest absolute Gasteiger partial charge is 0.488 e. The van der Waals surface area contributed by atoms with Crippen molar-refractivity contribution in [2.75, 3.05) is 0 Å². The van der Waals surface area contributed by atoms with Crippen molar-refractivity contribution >= 4 is 28.5 Å². The van der Waals surface area contributed by atoms with Crippen molar-refractivity contribution in [3.63, 3.8) is 0 Å². The minimum atomic E-state index is -1.34. The second kappa shape index (κ2) is 31.5. The molecule has 0 aromatic heterocycles. The number of hydrogen-bond acceptors (Lipinski definition) is 2. The Balaban J connectivity index is -0.000000193. The normalized spacial score (nSPS) is 7.69. The molecular formula is C31H43BBrO2Y-. The Morgan fingerprint density at radius 1 is 0.472 bits per heavy atom. The van der Waals surface area contributed by atoms with E-state index in [1.807, 2.05) is 90.1 Å². The minimum absolute atomic E-state index is 0. The number of hydrogen-bond donors (Lipinski definition) is 2. The Morgan fingerprint density at radius 3 is 0.917 bits per heavy atom. The molecule has 0 saturated carbocycles. The monoisotopic (exact) mass is 626 g/mol. The maximum absolute atomic E-state index is 8.58. The van der Waals surface area contributed by atoms with Crippen LogP contribution in [0.4, 0.5) is 0 Å². The van der Waals surface area contributed by atoms with E-state index in [2.05, 4.69) is 64.5 Å². The average molecular weight is 627 g/mol. The van der Waals surface area contributed by atoms with Crippen molar-refractivity contribution in [1.82, 2.24) is 0 Å². The third-order valence-corrected chi connectivity index (χ3v) is 4.24. The van der Waals surface area contributed by atoms with Crippen molar-refractivity contribution in [3.8, 4) is 11.1 Å². The fraction of sp³-hybridized carbons (Fsp3) is 0.194. The summed E-state index contributed by atoms with van der Waals surface area (Å²) in [6.45, 7) is 12.0. The molecule has 0 saturated heterocycles. The van der Waals surface area contributed by atoms with E-state index < -0.39 is 7.12 Å². The van der Waals surface area contributed by atoms with Crippen molar-refractivity contribution in [2.24, 2.45) is 0 Å². The SMILES string of the molecule is Brc1ccccc1.CC.CC.CC.OB(O)c1ccccc1.[CH3-].[Y].c1ccc(-c2ccccc2)cc1. The summed E-state index contributed by atoms with van der Waals surface area (Å²) in [6, 6.07) is 39.4. The third kappa shape index (κ3) is 21.7. The molecule has 0 atom stereocenters. The molecule has 0 heterocycles. The first-order valence-corrected chi connectivity index (χ1v) is 12.7. The predicted octanol–water partition coefficient (Wildman–Crippen LogP) is 8.70. The van der Waals surface area contributed by atoms with Gasteiger partial charge in [-0.3, -0.25) is 0 Å². The number of halogens is 1. The smallest absolute Gasteiger partial charge is 0.423 e. The van der Waals surface area contributed by atoms with E-state index in [4.69, 9.17) is 10.0 Å². The van der Waals surface area contributed by atoms with Gasteiger partial charge in [-0.2, -0.15) is 0 Å². The fourth-order valence-electron chi connectivity index (χ4n) is 2.30. The Morgan fingerprint density at radius 2 is 0.722 bits per heavy atom.